The van der Waals surface area contributed by atoms with Gasteiger partial charge in [-0.05, 0) is 59.4 Å². The van der Waals surface area contributed by atoms with E-state index in [0.717, 1.165) is 63.9 Å². The third-order valence-corrected chi connectivity index (χ3v) is 10.4. The maximum atomic E-state index is 14.2. The summed E-state index contributed by atoms with van der Waals surface area (Å²) in [6.45, 7) is 1.76. The fourth-order valence-electron chi connectivity index (χ4n) is 5.94. The van der Waals surface area contributed by atoms with Crippen LogP contribution in [0.3, 0.4) is 0 Å². The lowest BCUT2D eigenvalue weighted by atomic mass is 9.94. The average Bonchev–Trinajstić information content (AvgIpc) is 3.04. The van der Waals surface area contributed by atoms with Gasteiger partial charge in [0, 0.05) is 26.1 Å². The van der Waals surface area contributed by atoms with Crippen molar-refractivity contribution in [1.29, 1.82) is 0 Å². The summed E-state index contributed by atoms with van der Waals surface area (Å²) in [4.78, 5) is 29.9. The number of carbonyl (C=O) groups is 2. The van der Waals surface area contributed by atoms with Crippen molar-refractivity contribution in [3.8, 4) is 0 Å². The highest BCUT2D eigenvalue weighted by Gasteiger charge is 2.34. The SMILES string of the molecule is Cc1ccccc1CN(C(=O)CN(C)S(=O)(=O)c1ccc2ccccc2c1)[C@@H](Cc1ccccc1)C(=O)NC1CCCCC1. The zero-order valence-electron chi connectivity index (χ0n) is 25.5. The van der Waals surface area contributed by atoms with Gasteiger partial charge in [-0.25, -0.2) is 8.42 Å². The molecule has 44 heavy (non-hydrogen) atoms. The summed E-state index contributed by atoms with van der Waals surface area (Å²) in [5.41, 5.74) is 2.83. The van der Waals surface area contributed by atoms with E-state index in [4.69, 9.17) is 0 Å². The van der Waals surface area contributed by atoms with Crippen molar-refractivity contribution in [3.05, 3.63) is 114 Å². The number of hydrogen-bond acceptors (Lipinski definition) is 4. The number of amides is 2. The highest BCUT2D eigenvalue weighted by molar-refractivity contribution is 7.89. The standard InChI is InChI=1S/C36H41N3O4S/c1-27-13-9-10-18-31(27)25-39(34(23-28-14-5-3-6-15-28)36(41)37-32-19-7-4-8-20-32)35(40)26-38(2)44(42,43)33-22-21-29-16-11-12-17-30(29)24-33/h3,5-6,9-18,21-22,24,32,34H,4,7-8,19-20,23,25-26H2,1-2H3,(H,37,41)/t34-/m0/s1. The van der Waals surface area contributed by atoms with Crippen LogP contribution < -0.4 is 5.32 Å². The molecule has 230 valence electrons. The van der Waals surface area contributed by atoms with Gasteiger partial charge in [-0.1, -0.05) is 104 Å². The van der Waals surface area contributed by atoms with Gasteiger partial charge < -0.3 is 10.2 Å². The number of carbonyl (C=O) groups excluding carboxylic acids is 2. The molecule has 1 N–H and O–H groups in total. The van der Waals surface area contributed by atoms with E-state index in [9.17, 15) is 18.0 Å². The lowest BCUT2D eigenvalue weighted by molar-refractivity contribution is -0.141. The van der Waals surface area contributed by atoms with Crippen LogP contribution >= 0.6 is 0 Å². The summed E-state index contributed by atoms with van der Waals surface area (Å²) in [6.07, 6.45) is 5.45. The second-order valence-electron chi connectivity index (χ2n) is 11.8. The Kier molecular flexibility index (Phi) is 10.1. The topological polar surface area (TPSA) is 86.8 Å². The molecule has 1 fully saturated rings. The molecule has 4 aromatic rings. The first kappa shape index (κ1) is 31.4. The van der Waals surface area contributed by atoms with Crippen LogP contribution in [0.5, 0.6) is 0 Å². The molecule has 4 aromatic carbocycles. The molecule has 7 nitrogen and oxygen atoms in total. The van der Waals surface area contributed by atoms with Crippen molar-refractivity contribution in [2.45, 2.75) is 69.0 Å². The molecule has 0 bridgehead atoms. The van der Waals surface area contributed by atoms with Crippen LogP contribution in [0.2, 0.25) is 0 Å². The number of aryl methyl sites for hydroxylation is 1. The van der Waals surface area contributed by atoms with Gasteiger partial charge in [-0.3, -0.25) is 9.59 Å². The Labute approximate surface area is 260 Å². The number of likely N-dealkylation sites (N-methyl/N-ethyl adjacent to an activating group) is 1. The second-order valence-corrected chi connectivity index (χ2v) is 13.8. The fourth-order valence-corrected chi connectivity index (χ4v) is 7.10. The molecule has 2 amide bonds. The minimum absolute atomic E-state index is 0.0703. The lowest BCUT2D eigenvalue weighted by Crippen LogP contribution is -2.54. The smallest absolute Gasteiger partial charge is 0.243 e. The van der Waals surface area contributed by atoms with Crippen molar-refractivity contribution < 1.29 is 18.0 Å². The minimum Gasteiger partial charge on any atom is -0.352 e. The van der Waals surface area contributed by atoms with E-state index in [1.807, 2.05) is 85.8 Å². The predicted octanol–water partition coefficient (Wildman–Crippen LogP) is 5.86. The number of nitrogens with zero attached hydrogens (tertiary/aromatic N) is 2. The number of benzene rings is 4. The van der Waals surface area contributed by atoms with Crippen molar-refractivity contribution in [3.63, 3.8) is 0 Å². The molecule has 1 atom stereocenters. The van der Waals surface area contributed by atoms with Crippen LogP contribution in [-0.2, 0) is 32.6 Å². The minimum atomic E-state index is -3.98. The van der Waals surface area contributed by atoms with Gasteiger partial charge in [0.1, 0.15) is 6.04 Å². The van der Waals surface area contributed by atoms with Gasteiger partial charge in [-0.15, -0.1) is 0 Å². The summed E-state index contributed by atoms with van der Waals surface area (Å²) in [6, 6.07) is 29.2. The summed E-state index contributed by atoms with van der Waals surface area (Å²) in [7, 11) is -2.56. The number of nitrogens with one attached hydrogen (secondary N) is 1. The summed E-state index contributed by atoms with van der Waals surface area (Å²) in [5.74, 6) is -0.637. The van der Waals surface area contributed by atoms with Crippen molar-refractivity contribution in [2.24, 2.45) is 0 Å². The third kappa shape index (κ3) is 7.55. The zero-order chi connectivity index (χ0) is 31.1. The molecule has 8 heteroatoms. The van der Waals surface area contributed by atoms with Crippen LogP contribution in [0.4, 0.5) is 0 Å². The Hall–Kier alpha value is -4.01. The van der Waals surface area contributed by atoms with Gasteiger partial charge in [0.25, 0.3) is 0 Å². The van der Waals surface area contributed by atoms with Crippen LogP contribution in [0.25, 0.3) is 10.8 Å². The van der Waals surface area contributed by atoms with Crippen molar-refractivity contribution in [2.75, 3.05) is 13.6 Å². The second kappa shape index (κ2) is 14.2. The average molecular weight is 612 g/mol. The molecule has 0 aromatic heterocycles. The van der Waals surface area contributed by atoms with Crippen LogP contribution in [0, 0.1) is 6.92 Å². The van der Waals surface area contributed by atoms with E-state index in [0.29, 0.717) is 6.42 Å². The van der Waals surface area contributed by atoms with Crippen LogP contribution in [0.15, 0.2) is 102 Å². The first-order chi connectivity index (χ1) is 21.2. The molecular formula is C36H41N3O4S. The Morgan fingerprint density at radius 3 is 2.23 bits per heavy atom. The fraction of sp³-hybridized carbons (Fsp3) is 0.333. The van der Waals surface area contributed by atoms with Gasteiger partial charge >= 0.3 is 0 Å². The quantitative estimate of drug-likeness (QED) is 0.230. The molecule has 1 aliphatic carbocycles. The Morgan fingerprint density at radius 2 is 1.50 bits per heavy atom. The van der Waals surface area contributed by atoms with Gasteiger partial charge in [0.15, 0.2) is 0 Å². The number of fused-ring (bicyclic) bond motifs is 1. The molecule has 1 aliphatic rings. The number of hydrogen-bond donors (Lipinski definition) is 1. The Bertz CT molecular complexity index is 1700. The highest BCUT2D eigenvalue weighted by Crippen LogP contribution is 2.23. The van der Waals surface area contributed by atoms with Gasteiger partial charge in [0.05, 0.1) is 11.4 Å². The first-order valence-electron chi connectivity index (χ1n) is 15.4. The van der Waals surface area contributed by atoms with Crippen LogP contribution in [0.1, 0.15) is 48.8 Å². The van der Waals surface area contributed by atoms with Crippen molar-refractivity contribution >= 4 is 32.6 Å². The Morgan fingerprint density at radius 1 is 0.841 bits per heavy atom. The normalized spacial score (nSPS) is 14.8. The predicted molar refractivity (Wildman–Crippen MR) is 174 cm³/mol. The lowest BCUT2D eigenvalue weighted by Gasteiger charge is -2.34. The molecule has 0 unspecified atom stereocenters. The molecule has 0 aliphatic heterocycles. The third-order valence-electron chi connectivity index (χ3n) is 8.61. The number of sulfonamides is 1. The van der Waals surface area contributed by atoms with E-state index in [1.54, 1.807) is 23.1 Å². The molecular weight excluding hydrogens is 570 g/mol. The number of rotatable bonds is 11. The molecule has 0 radical (unpaired) electrons. The molecule has 0 saturated heterocycles. The van der Waals surface area contributed by atoms with Crippen LogP contribution in [-0.4, -0.2) is 55.1 Å². The monoisotopic (exact) mass is 611 g/mol. The van der Waals surface area contributed by atoms with E-state index in [-0.39, 0.29) is 23.4 Å². The summed E-state index contributed by atoms with van der Waals surface area (Å²) < 4.78 is 28.4. The van der Waals surface area contributed by atoms with E-state index < -0.39 is 28.5 Å². The largest absolute Gasteiger partial charge is 0.352 e. The van der Waals surface area contributed by atoms with E-state index in [2.05, 4.69) is 5.32 Å². The molecule has 1 saturated carbocycles. The maximum Gasteiger partial charge on any atom is 0.243 e. The molecule has 0 spiro atoms. The Balaban J connectivity index is 1.46. The molecule has 5 rings (SSSR count). The molecule has 0 heterocycles. The zero-order valence-corrected chi connectivity index (χ0v) is 26.3. The van der Waals surface area contributed by atoms with Gasteiger partial charge in [0.2, 0.25) is 21.8 Å². The maximum absolute atomic E-state index is 14.2. The van der Waals surface area contributed by atoms with E-state index >= 15 is 0 Å². The summed E-state index contributed by atoms with van der Waals surface area (Å²) >= 11 is 0. The van der Waals surface area contributed by atoms with Gasteiger partial charge in [-0.2, -0.15) is 4.31 Å². The van der Waals surface area contributed by atoms with Crippen molar-refractivity contribution in [1.82, 2.24) is 14.5 Å². The van der Waals surface area contributed by atoms with E-state index in [1.165, 1.54) is 7.05 Å². The summed E-state index contributed by atoms with van der Waals surface area (Å²) in [5, 5.41) is 4.97. The first-order valence-corrected chi connectivity index (χ1v) is 16.8. The highest BCUT2D eigenvalue weighted by atomic mass is 32.2.